The fourth-order valence-corrected chi connectivity index (χ4v) is 4.43. The molecule has 1 aliphatic rings. The predicted molar refractivity (Wildman–Crippen MR) is 102 cm³/mol. The summed E-state index contributed by atoms with van der Waals surface area (Å²) >= 11 is 0. The highest BCUT2D eigenvalue weighted by molar-refractivity contribution is 7.89. The van der Waals surface area contributed by atoms with Gasteiger partial charge in [0.25, 0.3) is 5.69 Å². The molecule has 2 N–H and O–H groups in total. The highest BCUT2D eigenvalue weighted by Crippen LogP contribution is 2.35. The summed E-state index contributed by atoms with van der Waals surface area (Å²) in [7, 11) is -0.835. The number of rotatable bonds is 7. The van der Waals surface area contributed by atoms with Gasteiger partial charge in [-0.1, -0.05) is 0 Å². The van der Waals surface area contributed by atoms with Gasteiger partial charge in [-0.05, 0) is 6.07 Å². The van der Waals surface area contributed by atoms with E-state index in [2.05, 4.69) is 5.32 Å². The summed E-state index contributed by atoms with van der Waals surface area (Å²) in [6, 6.07) is 9.08. The number of hydrogen-bond acceptors (Lipinski definition) is 7. The summed E-state index contributed by atoms with van der Waals surface area (Å²) < 4.78 is 44.0. The van der Waals surface area contributed by atoms with Crippen LogP contribution < -0.4 is 24.7 Å². The standard InChI is InChI=1S/C18H21N3O6S/c1-25-14-10-15(26-2)12-16(11-14)27-17-4-3-13(20-22)9-18(17)28(23,24)21-7-5-19-6-8-21/h3-4,9-12,19H,5-8H2,1-2H3/p+1. The lowest BCUT2D eigenvalue weighted by Gasteiger charge is -2.27. The largest absolute Gasteiger partial charge is 0.496 e. The highest BCUT2D eigenvalue weighted by atomic mass is 32.2. The third-order valence-corrected chi connectivity index (χ3v) is 6.23. The molecule has 1 saturated heterocycles. The van der Waals surface area contributed by atoms with Crippen LogP contribution in [0.25, 0.3) is 0 Å². The van der Waals surface area contributed by atoms with Gasteiger partial charge >= 0.3 is 0 Å². The fourth-order valence-electron chi connectivity index (χ4n) is 2.85. The fraction of sp³-hybridized carbons (Fsp3) is 0.333. The summed E-state index contributed by atoms with van der Waals surface area (Å²) in [5, 5.41) is 4.84. The van der Waals surface area contributed by atoms with Crippen LogP contribution in [0.15, 0.2) is 41.3 Å². The van der Waals surface area contributed by atoms with Gasteiger partial charge in [-0.2, -0.15) is 4.31 Å². The molecule has 9 nitrogen and oxygen atoms in total. The molecule has 0 amide bonds. The van der Waals surface area contributed by atoms with Crippen molar-refractivity contribution in [3.8, 4) is 23.0 Å². The Morgan fingerprint density at radius 1 is 0.964 bits per heavy atom. The van der Waals surface area contributed by atoms with E-state index >= 15 is 0 Å². The van der Waals surface area contributed by atoms with Crippen LogP contribution in [0.2, 0.25) is 0 Å². The van der Waals surface area contributed by atoms with E-state index in [9.17, 15) is 13.3 Å². The lowest BCUT2D eigenvalue weighted by atomic mass is 10.3. The van der Waals surface area contributed by atoms with Crippen LogP contribution in [0.3, 0.4) is 0 Å². The number of nitrogens with one attached hydrogen (secondary N) is 2. The molecular formula is C18H22N3O6S+. The van der Waals surface area contributed by atoms with Gasteiger partial charge in [0.1, 0.15) is 27.9 Å². The number of benzene rings is 2. The summed E-state index contributed by atoms with van der Waals surface area (Å²) in [6.45, 7) is 1.79. The highest BCUT2D eigenvalue weighted by Gasteiger charge is 2.30. The van der Waals surface area contributed by atoms with Gasteiger partial charge in [0, 0.05) is 66.6 Å². The van der Waals surface area contributed by atoms with Crippen molar-refractivity contribution < 1.29 is 27.8 Å². The van der Waals surface area contributed by atoms with Crippen LogP contribution in [0.1, 0.15) is 0 Å². The molecule has 1 aliphatic heterocycles. The van der Waals surface area contributed by atoms with E-state index in [-0.39, 0.29) is 16.3 Å². The Hall–Kier alpha value is -2.69. The Morgan fingerprint density at radius 3 is 2.14 bits per heavy atom. The Bertz CT molecular complexity index is 936. The molecule has 0 bridgehead atoms. The Kier molecular flexibility index (Phi) is 6.12. The lowest BCUT2D eigenvalue weighted by Crippen LogP contribution is -2.55. The van der Waals surface area contributed by atoms with Gasteiger partial charge in [0.2, 0.25) is 10.0 Å². The molecule has 1 heterocycles. The maximum atomic E-state index is 13.2. The molecule has 0 unspecified atom stereocenters. The second-order valence-electron chi connectivity index (χ2n) is 6.07. The van der Waals surface area contributed by atoms with Crippen molar-refractivity contribution in [3.63, 3.8) is 0 Å². The minimum atomic E-state index is -3.85. The molecule has 0 atom stereocenters. The Labute approximate surface area is 163 Å². The first-order valence-corrected chi connectivity index (χ1v) is 10.1. The number of nitrogens with zero attached hydrogens (tertiary/aromatic N) is 1. The quantitative estimate of drug-likeness (QED) is 0.689. The second kappa shape index (κ2) is 8.55. The average Bonchev–Trinajstić information content (AvgIpc) is 2.74. The molecule has 2 aromatic carbocycles. The number of nitroso groups, excluding NO2 is 1. The topological polar surface area (TPSA) is 108 Å². The number of hydrogen-bond donors (Lipinski definition) is 2. The van der Waals surface area contributed by atoms with Crippen LogP contribution in [0.5, 0.6) is 23.0 Å². The number of methoxy groups -OCH3 is 2. The monoisotopic (exact) mass is 408 g/mol. The van der Waals surface area contributed by atoms with E-state index in [1.54, 1.807) is 23.4 Å². The summed E-state index contributed by atoms with van der Waals surface area (Å²) in [6.07, 6.45) is 0. The normalized spacial score (nSPS) is 15.1. The summed E-state index contributed by atoms with van der Waals surface area (Å²) in [5.74, 6) is 1.45. The van der Waals surface area contributed by atoms with Crippen LogP contribution >= 0.6 is 0 Å². The van der Waals surface area contributed by atoms with Crippen molar-refractivity contribution in [2.75, 3.05) is 40.4 Å². The van der Waals surface area contributed by atoms with Crippen LogP contribution in [-0.4, -0.2) is 53.1 Å². The molecule has 0 aliphatic carbocycles. The van der Waals surface area contributed by atoms with E-state index in [0.29, 0.717) is 43.4 Å². The molecular weight excluding hydrogens is 386 g/mol. The van der Waals surface area contributed by atoms with Crippen LogP contribution in [0, 0.1) is 4.91 Å². The number of sulfonamides is 1. The van der Waals surface area contributed by atoms with E-state index in [1.807, 2.05) is 0 Å². The third kappa shape index (κ3) is 4.24. The van der Waals surface area contributed by atoms with Crippen molar-refractivity contribution in [1.82, 2.24) is 9.62 Å². The minimum Gasteiger partial charge on any atom is -0.496 e. The first kappa shape index (κ1) is 20.1. The van der Waals surface area contributed by atoms with Crippen molar-refractivity contribution >= 4 is 15.7 Å². The maximum Gasteiger partial charge on any atom is 0.254 e. The van der Waals surface area contributed by atoms with E-state index in [4.69, 9.17) is 14.2 Å². The molecule has 3 rings (SSSR count). The lowest BCUT2D eigenvalue weighted by molar-refractivity contribution is -0.379. The smallest absolute Gasteiger partial charge is 0.254 e. The van der Waals surface area contributed by atoms with Gasteiger partial charge in [-0.3, -0.25) is 0 Å². The zero-order valence-electron chi connectivity index (χ0n) is 15.6. The molecule has 2 aromatic rings. The SMILES string of the molecule is COc1cc(OC)cc(Oc2ccc([NH+]=O)cc2S(=O)(=O)N2CCNCC2)c1. The summed E-state index contributed by atoms with van der Waals surface area (Å²) in [5.41, 5.74) is 0.129. The Balaban J connectivity index is 2.03. The molecule has 0 radical (unpaired) electrons. The molecule has 0 spiro atoms. The number of piperazine rings is 1. The molecule has 0 aromatic heterocycles. The van der Waals surface area contributed by atoms with Gasteiger partial charge in [-0.15, -0.1) is 0 Å². The van der Waals surface area contributed by atoms with E-state index in [0.717, 1.165) is 0 Å². The van der Waals surface area contributed by atoms with Crippen LogP contribution in [0.4, 0.5) is 5.69 Å². The number of ether oxygens (including phenoxy) is 3. The molecule has 1 fully saturated rings. The second-order valence-corrected chi connectivity index (χ2v) is 7.97. The Morgan fingerprint density at radius 2 is 1.57 bits per heavy atom. The zero-order chi connectivity index (χ0) is 20.1. The van der Waals surface area contributed by atoms with E-state index < -0.39 is 10.0 Å². The maximum absolute atomic E-state index is 13.2. The molecule has 150 valence electrons. The van der Waals surface area contributed by atoms with Gasteiger partial charge in [0.15, 0.2) is 0 Å². The van der Waals surface area contributed by atoms with Crippen molar-refractivity contribution in [1.29, 1.82) is 0 Å². The first-order chi connectivity index (χ1) is 13.5. The molecule has 10 heteroatoms. The van der Waals surface area contributed by atoms with E-state index in [1.165, 1.54) is 36.7 Å². The minimum absolute atomic E-state index is 0.0861. The third-order valence-electron chi connectivity index (χ3n) is 4.31. The molecule has 28 heavy (non-hydrogen) atoms. The average molecular weight is 408 g/mol. The van der Waals surface area contributed by atoms with Crippen LogP contribution in [-0.2, 0) is 10.0 Å². The predicted octanol–water partition coefficient (Wildman–Crippen LogP) is 0.569. The van der Waals surface area contributed by atoms with Gasteiger partial charge in [0.05, 0.1) is 14.2 Å². The summed E-state index contributed by atoms with van der Waals surface area (Å²) in [4.78, 5) is 11.0. The van der Waals surface area contributed by atoms with Gasteiger partial charge < -0.3 is 19.5 Å². The van der Waals surface area contributed by atoms with Crippen molar-refractivity contribution in [2.45, 2.75) is 4.90 Å². The first-order valence-electron chi connectivity index (χ1n) is 8.62. The molecule has 0 saturated carbocycles. The van der Waals surface area contributed by atoms with Crippen molar-refractivity contribution in [3.05, 3.63) is 41.3 Å². The zero-order valence-corrected chi connectivity index (χ0v) is 16.4. The van der Waals surface area contributed by atoms with Gasteiger partial charge in [-0.25, -0.2) is 8.42 Å². The van der Waals surface area contributed by atoms with Crippen molar-refractivity contribution in [2.24, 2.45) is 0 Å².